The van der Waals surface area contributed by atoms with Gasteiger partial charge in [-0.2, -0.15) is 5.10 Å². The molecule has 0 spiro atoms. The normalized spacial score (nSPS) is 10.4. The first-order valence-electron chi connectivity index (χ1n) is 7.35. The topological polar surface area (TPSA) is 86.7 Å². The number of nitrogens with one attached hydrogen (secondary N) is 2. The van der Waals surface area contributed by atoms with E-state index in [1.54, 1.807) is 18.2 Å². The number of benzene rings is 1. The summed E-state index contributed by atoms with van der Waals surface area (Å²) in [5.74, 6) is -0.825. The van der Waals surface area contributed by atoms with Crippen LogP contribution in [0.2, 0.25) is 0 Å². The molecule has 0 aliphatic carbocycles. The zero-order valence-corrected chi connectivity index (χ0v) is 13.6. The predicted molar refractivity (Wildman–Crippen MR) is 93.1 cm³/mol. The van der Waals surface area contributed by atoms with Gasteiger partial charge in [0.15, 0.2) is 0 Å². The number of amides is 2. The molecule has 0 fully saturated rings. The van der Waals surface area contributed by atoms with E-state index in [4.69, 9.17) is 0 Å². The summed E-state index contributed by atoms with van der Waals surface area (Å²) in [6.45, 7) is -0.174. The summed E-state index contributed by atoms with van der Waals surface area (Å²) in [5, 5.41) is 6.34. The lowest BCUT2D eigenvalue weighted by Crippen LogP contribution is -2.35. The van der Waals surface area contributed by atoms with Gasteiger partial charge in [0.25, 0.3) is 11.8 Å². The van der Waals surface area contributed by atoms with Gasteiger partial charge in [-0.05, 0) is 29.8 Å². The van der Waals surface area contributed by atoms with E-state index in [0.29, 0.717) is 0 Å². The summed E-state index contributed by atoms with van der Waals surface area (Å²) in [7, 11) is 3.92. The molecule has 2 amide bonds. The maximum absolute atomic E-state index is 11.7. The Kier molecular flexibility index (Phi) is 6.01. The Bertz CT molecular complexity index is 712. The van der Waals surface area contributed by atoms with Gasteiger partial charge in [0.05, 0.1) is 12.8 Å². The zero-order valence-electron chi connectivity index (χ0n) is 13.6. The lowest BCUT2D eigenvalue weighted by Gasteiger charge is -2.11. The van der Waals surface area contributed by atoms with Crippen LogP contribution in [-0.2, 0) is 4.79 Å². The number of hydrogen-bond donors (Lipinski definition) is 2. The second-order valence-corrected chi connectivity index (χ2v) is 5.18. The molecule has 0 aliphatic heterocycles. The van der Waals surface area contributed by atoms with Crippen LogP contribution in [0.5, 0.6) is 0 Å². The van der Waals surface area contributed by atoms with Gasteiger partial charge in [-0.3, -0.25) is 14.6 Å². The summed E-state index contributed by atoms with van der Waals surface area (Å²) < 4.78 is 0. The molecule has 0 saturated heterocycles. The van der Waals surface area contributed by atoms with Crippen LogP contribution in [0.3, 0.4) is 0 Å². The monoisotopic (exact) mass is 325 g/mol. The van der Waals surface area contributed by atoms with Crippen molar-refractivity contribution in [3.63, 3.8) is 0 Å². The molecule has 1 aromatic heterocycles. The zero-order chi connectivity index (χ0) is 17.4. The molecule has 1 heterocycles. The Morgan fingerprint density at radius 1 is 1.17 bits per heavy atom. The Morgan fingerprint density at radius 2 is 1.92 bits per heavy atom. The van der Waals surface area contributed by atoms with Crippen LogP contribution < -0.4 is 15.6 Å². The summed E-state index contributed by atoms with van der Waals surface area (Å²) in [6.07, 6.45) is 3.05. The van der Waals surface area contributed by atoms with E-state index >= 15 is 0 Å². The molecule has 7 heteroatoms. The minimum atomic E-state index is -0.416. The van der Waals surface area contributed by atoms with Crippen molar-refractivity contribution in [1.82, 2.24) is 15.7 Å². The molecule has 124 valence electrons. The molecule has 0 unspecified atom stereocenters. The van der Waals surface area contributed by atoms with E-state index in [9.17, 15) is 9.59 Å². The van der Waals surface area contributed by atoms with E-state index in [-0.39, 0.29) is 12.2 Å². The fourth-order valence-corrected chi connectivity index (χ4v) is 1.83. The van der Waals surface area contributed by atoms with Gasteiger partial charge in [0.2, 0.25) is 0 Å². The number of carbonyl (C=O) groups is 2. The lowest BCUT2D eigenvalue weighted by atomic mass is 10.2. The highest BCUT2D eigenvalue weighted by molar-refractivity contribution is 5.94. The van der Waals surface area contributed by atoms with Crippen molar-refractivity contribution in [3.05, 3.63) is 59.9 Å². The maximum Gasteiger partial charge on any atom is 0.270 e. The van der Waals surface area contributed by atoms with Crippen LogP contribution in [0.1, 0.15) is 16.1 Å². The van der Waals surface area contributed by atoms with E-state index in [1.807, 2.05) is 43.3 Å². The molecule has 2 N–H and O–H groups in total. The van der Waals surface area contributed by atoms with Crippen LogP contribution in [0.25, 0.3) is 0 Å². The van der Waals surface area contributed by atoms with Crippen LogP contribution >= 0.6 is 0 Å². The van der Waals surface area contributed by atoms with Gasteiger partial charge >= 0.3 is 0 Å². The van der Waals surface area contributed by atoms with Gasteiger partial charge < -0.3 is 10.2 Å². The van der Waals surface area contributed by atoms with Gasteiger partial charge in [0.1, 0.15) is 5.69 Å². The number of aromatic nitrogens is 1. The Morgan fingerprint density at radius 3 is 2.54 bits per heavy atom. The first-order valence-corrected chi connectivity index (χ1v) is 7.35. The van der Waals surface area contributed by atoms with Crippen LogP contribution in [-0.4, -0.2) is 43.7 Å². The molecule has 0 saturated carbocycles. The third-order valence-electron chi connectivity index (χ3n) is 3.12. The second-order valence-electron chi connectivity index (χ2n) is 5.18. The number of pyridine rings is 1. The van der Waals surface area contributed by atoms with E-state index in [0.717, 1.165) is 11.3 Å². The molecule has 7 nitrogen and oxygen atoms in total. The first kappa shape index (κ1) is 17.1. The maximum atomic E-state index is 11.7. The number of hydrogen-bond acceptors (Lipinski definition) is 5. The molecule has 2 aromatic rings. The minimum Gasteiger partial charge on any atom is -0.378 e. The molecule has 2 rings (SSSR count). The Labute approximate surface area is 140 Å². The standard InChI is InChI=1S/C17H19N5O2/c1-22(2)14-8-6-13(7-9-14)11-20-21-16(23)12-19-17(24)15-5-3-4-10-18-15/h3-11H,12H2,1-2H3,(H,19,24)(H,21,23). The number of hydrazone groups is 1. The third kappa shape index (κ3) is 5.20. The molecule has 1 aromatic carbocycles. The van der Waals surface area contributed by atoms with E-state index in [1.165, 1.54) is 12.4 Å². The van der Waals surface area contributed by atoms with Crippen molar-refractivity contribution in [2.75, 3.05) is 25.5 Å². The summed E-state index contributed by atoms with van der Waals surface area (Å²) in [5.41, 5.74) is 4.56. The van der Waals surface area contributed by atoms with Crippen molar-refractivity contribution in [2.24, 2.45) is 5.10 Å². The summed E-state index contributed by atoms with van der Waals surface area (Å²) >= 11 is 0. The number of carbonyl (C=O) groups excluding carboxylic acids is 2. The number of nitrogens with zero attached hydrogens (tertiary/aromatic N) is 3. The minimum absolute atomic E-state index is 0.174. The molecular weight excluding hydrogens is 306 g/mol. The van der Waals surface area contributed by atoms with Gasteiger partial charge in [0, 0.05) is 26.0 Å². The SMILES string of the molecule is CN(C)c1ccc(C=NNC(=O)CNC(=O)c2ccccn2)cc1. The van der Waals surface area contributed by atoms with Crippen molar-refractivity contribution >= 4 is 23.7 Å². The first-order chi connectivity index (χ1) is 11.6. The summed E-state index contributed by atoms with van der Waals surface area (Å²) in [6, 6.07) is 12.7. The molecule has 0 aliphatic rings. The van der Waals surface area contributed by atoms with Crippen LogP contribution in [0.15, 0.2) is 53.8 Å². The van der Waals surface area contributed by atoms with Crippen LogP contribution in [0, 0.1) is 0 Å². The molecular formula is C17H19N5O2. The average Bonchev–Trinajstić information content (AvgIpc) is 2.61. The fourth-order valence-electron chi connectivity index (χ4n) is 1.83. The van der Waals surface area contributed by atoms with Gasteiger partial charge in [-0.1, -0.05) is 18.2 Å². The highest BCUT2D eigenvalue weighted by Gasteiger charge is 2.07. The lowest BCUT2D eigenvalue weighted by molar-refractivity contribution is -0.120. The number of anilines is 1. The Balaban J connectivity index is 1.77. The quantitative estimate of drug-likeness (QED) is 0.613. The average molecular weight is 325 g/mol. The van der Waals surface area contributed by atoms with Gasteiger partial charge in [-0.15, -0.1) is 0 Å². The number of rotatable bonds is 6. The molecule has 0 atom stereocenters. The highest BCUT2D eigenvalue weighted by Crippen LogP contribution is 2.10. The molecule has 0 bridgehead atoms. The predicted octanol–water partition coefficient (Wildman–Crippen LogP) is 1.03. The van der Waals surface area contributed by atoms with Crippen molar-refractivity contribution < 1.29 is 9.59 Å². The smallest absolute Gasteiger partial charge is 0.270 e. The van der Waals surface area contributed by atoms with E-state index in [2.05, 4.69) is 20.8 Å². The molecule has 24 heavy (non-hydrogen) atoms. The third-order valence-corrected chi connectivity index (χ3v) is 3.12. The van der Waals surface area contributed by atoms with Crippen molar-refractivity contribution in [2.45, 2.75) is 0 Å². The Hall–Kier alpha value is -3.22. The summed E-state index contributed by atoms with van der Waals surface area (Å²) in [4.78, 5) is 29.3. The second kappa shape index (κ2) is 8.42. The van der Waals surface area contributed by atoms with Crippen LogP contribution in [0.4, 0.5) is 5.69 Å². The van der Waals surface area contributed by atoms with Crippen molar-refractivity contribution in [1.29, 1.82) is 0 Å². The highest BCUT2D eigenvalue weighted by atomic mass is 16.2. The largest absolute Gasteiger partial charge is 0.378 e. The fraction of sp³-hybridized carbons (Fsp3) is 0.176. The molecule has 0 radical (unpaired) electrons. The van der Waals surface area contributed by atoms with Crippen molar-refractivity contribution in [3.8, 4) is 0 Å². The van der Waals surface area contributed by atoms with E-state index < -0.39 is 11.8 Å². The van der Waals surface area contributed by atoms with Gasteiger partial charge in [-0.25, -0.2) is 5.43 Å².